The summed E-state index contributed by atoms with van der Waals surface area (Å²) in [6.45, 7) is 0.604. The maximum Gasteiger partial charge on any atom is 0.185 e. The fourth-order valence-electron chi connectivity index (χ4n) is 2.06. The second-order valence-electron chi connectivity index (χ2n) is 4.91. The summed E-state index contributed by atoms with van der Waals surface area (Å²) >= 11 is 1.49. The fourth-order valence-corrected chi connectivity index (χ4v) is 2.85. The first-order valence-corrected chi connectivity index (χ1v) is 7.59. The van der Waals surface area contributed by atoms with Crippen LogP contribution in [-0.4, -0.2) is 26.9 Å². The summed E-state index contributed by atoms with van der Waals surface area (Å²) in [5.41, 5.74) is 2.51. The molecule has 2 aromatic heterocycles. The Morgan fingerprint density at radius 3 is 2.77 bits per heavy atom. The zero-order chi connectivity index (χ0) is 15.5. The zero-order valence-electron chi connectivity index (χ0n) is 12.0. The first-order valence-electron chi connectivity index (χ1n) is 6.71. The van der Waals surface area contributed by atoms with Gasteiger partial charge in [-0.25, -0.2) is 14.1 Å². The molecule has 0 aliphatic heterocycles. The highest BCUT2D eigenvalue weighted by Crippen LogP contribution is 2.21. The van der Waals surface area contributed by atoms with Crippen LogP contribution in [0.25, 0.3) is 5.69 Å². The van der Waals surface area contributed by atoms with Gasteiger partial charge in [0.15, 0.2) is 5.13 Å². The minimum Gasteiger partial charge on any atom is -0.390 e. The van der Waals surface area contributed by atoms with E-state index in [1.807, 2.05) is 23.5 Å². The van der Waals surface area contributed by atoms with Crippen LogP contribution >= 0.6 is 11.3 Å². The molecule has 0 bridgehead atoms. The van der Waals surface area contributed by atoms with Gasteiger partial charge in [-0.1, -0.05) is 0 Å². The number of hydrogen-bond donors (Lipinski definition) is 1. The van der Waals surface area contributed by atoms with E-state index in [-0.39, 0.29) is 12.4 Å². The molecule has 0 radical (unpaired) electrons. The van der Waals surface area contributed by atoms with Crippen molar-refractivity contribution in [2.45, 2.75) is 13.2 Å². The Labute approximate surface area is 131 Å². The number of halogens is 1. The molecule has 0 amide bonds. The van der Waals surface area contributed by atoms with Crippen molar-refractivity contribution in [3.05, 3.63) is 59.1 Å². The highest BCUT2D eigenvalue weighted by atomic mass is 32.1. The third-order valence-electron chi connectivity index (χ3n) is 3.18. The molecule has 114 valence electrons. The van der Waals surface area contributed by atoms with Crippen LogP contribution in [-0.2, 0) is 13.2 Å². The number of nitrogens with zero attached hydrogens (tertiary/aromatic N) is 4. The summed E-state index contributed by atoms with van der Waals surface area (Å²) in [4.78, 5) is 6.32. The molecule has 3 aromatic rings. The van der Waals surface area contributed by atoms with Crippen LogP contribution in [0.1, 0.15) is 11.3 Å². The number of benzene rings is 1. The quantitative estimate of drug-likeness (QED) is 0.786. The molecule has 3 rings (SSSR count). The lowest BCUT2D eigenvalue weighted by Gasteiger charge is -2.14. The molecule has 0 atom stereocenters. The van der Waals surface area contributed by atoms with Crippen LogP contribution in [0.15, 0.2) is 42.0 Å². The SMILES string of the molecule is CN(Cc1cnn(-c2ccc(F)cc2)c1)c1nc(CO)cs1. The van der Waals surface area contributed by atoms with Crippen molar-refractivity contribution < 1.29 is 9.50 Å². The molecule has 1 N–H and O–H groups in total. The van der Waals surface area contributed by atoms with E-state index in [1.54, 1.807) is 23.0 Å². The molecule has 0 saturated carbocycles. The number of anilines is 1. The van der Waals surface area contributed by atoms with Crippen LogP contribution in [0.5, 0.6) is 0 Å². The summed E-state index contributed by atoms with van der Waals surface area (Å²) in [6, 6.07) is 6.19. The Bertz CT molecular complexity index is 753. The lowest BCUT2D eigenvalue weighted by molar-refractivity contribution is 0.277. The van der Waals surface area contributed by atoms with Gasteiger partial charge in [0.2, 0.25) is 0 Å². The van der Waals surface area contributed by atoms with Crippen molar-refractivity contribution >= 4 is 16.5 Å². The van der Waals surface area contributed by atoms with E-state index >= 15 is 0 Å². The molecule has 0 saturated heterocycles. The van der Waals surface area contributed by atoms with Gasteiger partial charge in [-0.05, 0) is 24.3 Å². The third kappa shape index (κ3) is 3.15. The van der Waals surface area contributed by atoms with Gasteiger partial charge in [-0.15, -0.1) is 11.3 Å². The Balaban J connectivity index is 1.72. The second kappa shape index (κ2) is 6.25. The van der Waals surface area contributed by atoms with Gasteiger partial charge in [0.25, 0.3) is 0 Å². The van der Waals surface area contributed by atoms with Crippen LogP contribution in [0, 0.1) is 5.82 Å². The minimum atomic E-state index is -0.265. The number of hydrogen-bond acceptors (Lipinski definition) is 5. The van der Waals surface area contributed by atoms with E-state index in [9.17, 15) is 4.39 Å². The van der Waals surface area contributed by atoms with E-state index in [4.69, 9.17) is 5.11 Å². The van der Waals surface area contributed by atoms with Crippen LogP contribution < -0.4 is 4.90 Å². The van der Waals surface area contributed by atoms with Crippen molar-refractivity contribution in [2.75, 3.05) is 11.9 Å². The molecule has 0 aliphatic carbocycles. The smallest absolute Gasteiger partial charge is 0.185 e. The van der Waals surface area contributed by atoms with Gasteiger partial charge < -0.3 is 10.0 Å². The maximum atomic E-state index is 12.9. The topological polar surface area (TPSA) is 54.2 Å². The molecule has 2 heterocycles. The predicted molar refractivity (Wildman–Crippen MR) is 83.7 cm³/mol. The number of aliphatic hydroxyl groups excluding tert-OH is 1. The first kappa shape index (κ1) is 14.7. The minimum absolute atomic E-state index is 0.0488. The summed E-state index contributed by atoms with van der Waals surface area (Å²) in [6.07, 6.45) is 3.69. The normalized spacial score (nSPS) is 10.9. The predicted octanol–water partition coefficient (Wildman–Crippen LogP) is 2.60. The average molecular weight is 318 g/mol. The van der Waals surface area contributed by atoms with Gasteiger partial charge in [-0.2, -0.15) is 5.10 Å². The molecule has 1 aromatic carbocycles. The lowest BCUT2D eigenvalue weighted by Crippen LogP contribution is -2.15. The van der Waals surface area contributed by atoms with Crippen molar-refractivity contribution in [1.82, 2.24) is 14.8 Å². The van der Waals surface area contributed by atoms with Crippen molar-refractivity contribution in [1.29, 1.82) is 0 Å². The largest absolute Gasteiger partial charge is 0.390 e. The molecule has 0 fully saturated rings. The summed E-state index contributed by atoms with van der Waals surface area (Å²) in [5, 5.41) is 16.0. The zero-order valence-corrected chi connectivity index (χ0v) is 12.8. The maximum absolute atomic E-state index is 12.9. The number of thiazole rings is 1. The Hall–Kier alpha value is -2.25. The monoisotopic (exact) mass is 318 g/mol. The highest BCUT2D eigenvalue weighted by Gasteiger charge is 2.09. The van der Waals surface area contributed by atoms with E-state index in [0.29, 0.717) is 12.2 Å². The Morgan fingerprint density at radius 1 is 1.32 bits per heavy atom. The molecule has 0 aliphatic rings. The Kier molecular flexibility index (Phi) is 4.17. The second-order valence-corrected chi connectivity index (χ2v) is 5.74. The molecule has 0 unspecified atom stereocenters. The van der Waals surface area contributed by atoms with Gasteiger partial charge in [0.05, 0.1) is 24.2 Å². The molecule has 7 heteroatoms. The van der Waals surface area contributed by atoms with Gasteiger partial charge in [-0.3, -0.25) is 0 Å². The number of aromatic nitrogens is 3. The summed E-state index contributed by atoms with van der Waals surface area (Å²) < 4.78 is 14.7. The average Bonchev–Trinajstić information content (AvgIpc) is 3.17. The Morgan fingerprint density at radius 2 is 2.09 bits per heavy atom. The highest BCUT2D eigenvalue weighted by molar-refractivity contribution is 7.13. The van der Waals surface area contributed by atoms with Crippen molar-refractivity contribution in [3.63, 3.8) is 0 Å². The molecular weight excluding hydrogens is 303 g/mol. The van der Waals surface area contributed by atoms with Gasteiger partial charge in [0, 0.05) is 30.7 Å². The van der Waals surface area contributed by atoms with Crippen LogP contribution in [0.2, 0.25) is 0 Å². The van der Waals surface area contributed by atoms with Crippen LogP contribution in [0.4, 0.5) is 9.52 Å². The van der Waals surface area contributed by atoms with E-state index in [1.165, 1.54) is 23.5 Å². The molecule has 0 spiro atoms. The van der Waals surface area contributed by atoms with Crippen LogP contribution in [0.3, 0.4) is 0 Å². The van der Waals surface area contributed by atoms with E-state index in [2.05, 4.69) is 10.1 Å². The van der Waals surface area contributed by atoms with Gasteiger partial charge >= 0.3 is 0 Å². The lowest BCUT2D eigenvalue weighted by atomic mass is 10.3. The molecule has 22 heavy (non-hydrogen) atoms. The first-order chi connectivity index (χ1) is 10.7. The third-order valence-corrected chi connectivity index (χ3v) is 4.18. The standard InChI is InChI=1S/C15H15FN4OS/c1-19(15-18-13(9-21)10-22-15)7-11-6-17-20(8-11)14-4-2-12(16)3-5-14/h2-6,8,10,21H,7,9H2,1H3. The molecule has 5 nitrogen and oxygen atoms in total. The van der Waals surface area contributed by atoms with Gasteiger partial charge in [0.1, 0.15) is 5.82 Å². The summed E-state index contributed by atoms with van der Waals surface area (Å²) in [7, 11) is 1.94. The summed E-state index contributed by atoms with van der Waals surface area (Å²) in [5.74, 6) is -0.265. The van der Waals surface area contributed by atoms with Crippen molar-refractivity contribution in [3.8, 4) is 5.69 Å². The van der Waals surface area contributed by atoms with E-state index in [0.717, 1.165) is 16.4 Å². The molecular formula is C15H15FN4OS. The van der Waals surface area contributed by atoms with Crippen molar-refractivity contribution in [2.24, 2.45) is 0 Å². The number of rotatable bonds is 5. The fraction of sp³-hybridized carbons (Fsp3) is 0.200. The number of aliphatic hydroxyl groups is 1. The van der Waals surface area contributed by atoms with E-state index < -0.39 is 0 Å².